The number of hydrogen-bond donors (Lipinski definition) is 1. The zero-order chi connectivity index (χ0) is 13.4. The first-order valence-corrected chi connectivity index (χ1v) is 6.17. The number of halogens is 2. The van der Waals surface area contributed by atoms with Crippen LogP contribution in [0, 0.1) is 24.6 Å². The minimum Gasteiger partial charge on any atom is -0.550 e. The number of anilines is 1. The molecule has 19 heavy (non-hydrogen) atoms. The number of aliphatic carboxylic acids is 1. The van der Waals surface area contributed by atoms with E-state index in [1.54, 1.807) is 13.0 Å². The number of carbonyl (C=O) groups is 2. The molecule has 7 heteroatoms. The number of carboxylic acid groups (broad SMARTS) is 1. The molecule has 0 unspecified atom stereocenters. The van der Waals surface area contributed by atoms with Crippen molar-refractivity contribution in [2.45, 2.75) is 13.3 Å². The van der Waals surface area contributed by atoms with Gasteiger partial charge in [0.15, 0.2) is 0 Å². The fraction of sp³-hybridized carbons (Fsp3) is 0.333. The third kappa shape index (κ3) is 3.78. The maximum Gasteiger partial charge on any atom is 1.00 e. The molecular formula is C12H10BrFNNaO3. The normalized spacial score (nSPS) is 20.4. The van der Waals surface area contributed by atoms with Crippen LogP contribution >= 0.6 is 15.9 Å². The van der Waals surface area contributed by atoms with Crippen LogP contribution in [0.5, 0.6) is 0 Å². The van der Waals surface area contributed by atoms with Gasteiger partial charge in [0.1, 0.15) is 5.82 Å². The van der Waals surface area contributed by atoms with Crippen LogP contribution in [0.4, 0.5) is 10.1 Å². The van der Waals surface area contributed by atoms with Crippen LogP contribution in [-0.4, -0.2) is 11.9 Å². The average molecular weight is 338 g/mol. The number of benzene rings is 1. The van der Waals surface area contributed by atoms with Crippen LogP contribution in [0.1, 0.15) is 12.0 Å². The van der Waals surface area contributed by atoms with Crippen molar-refractivity contribution in [2.24, 2.45) is 11.8 Å². The zero-order valence-electron chi connectivity index (χ0n) is 10.5. The number of hydrogen-bond acceptors (Lipinski definition) is 3. The van der Waals surface area contributed by atoms with Gasteiger partial charge in [-0.3, -0.25) is 4.79 Å². The van der Waals surface area contributed by atoms with Crippen molar-refractivity contribution >= 4 is 33.5 Å². The van der Waals surface area contributed by atoms with Crippen LogP contribution in [0.3, 0.4) is 0 Å². The molecule has 1 fully saturated rings. The number of aryl methyl sites for hydroxylation is 1. The van der Waals surface area contributed by atoms with E-state index in [1.165, 1.54) is 6.07 Å². The minimum absolute atomic E-state index is 0. The van der Waals surface area contributed by atoms with E-state index in [0.29, 0.717) is 15.7 Å². The molecule has 1 aliphatic carbocycles. The van der Waals surface area contributed by atoms with Crippen LogP contribution in [0.2, 0.25) is 0 Å². The first-order chi connectivity index (χ1) is 8.40. The summed E-state index contributed by atoms with van der Waals surface area (Å²) < 4.78 is 13.8. The first kappa shape index (κ1) is 16.6. The number of carbonyl (C=O) groups excluding carboxylic acids is 2. The Morgan fingerprint density at radius 1 is 1.42 bits per heavy atom. The van der Waals surface area contributed by atoms with E-state index in [1.807, 2.05) is 0 Å². The summed E-state index contributed by atoms with van der Waals surface area (Å²) >= 11 is 3.08. The molecule has 1 saturated carbocycles. The van der Waals surface area contributed by atoms with E-state index in [2.05, 4.69) is 21.2 Å². The van der Waals surface area contributed by atoms with Crippen molar-refractivity contribution in [2.75, 3.05) is 5.32 Å². The van der Waals surface area contributed by atoms with Crippen molar-refractivity contribution in [3.8, 4) is 0 Å². The Balaban J connectivity index is 0.00000180. The fourth-order valence-electron chi connectivity index (χ4n) is 1.78. The summed E-state index contributed by atoms with van der Waals surface area (Å²) in [5.74, 6) is -3.38. The number of amides is 1. The molecule has 0 bridgehead atoms. The minimum atomic E-state index is -1.21. The van der Waals surface area contributed by atoms with Gasteiger partial charge in [-0.05, 0) is 47.0 Å². The van der Waals surface area contributed by atoms with Gasteiger partial charge in [0, 0.05) is 23.5 Å². The van der Waals surface area contributed by atoms with Crippen LogP contribution in [0.15, 0.2) is 16.6 Å². The Morgan fingerprint density at radius 3 is 2.53 bits per heavy atom. The maximum atomic E-state index is 13.4. The smallest absolute Gasteiger partial charge is 0.550 e. The largest absolute Gasteiger partial charge is 1.00 e. The second kappa shape index (κ2) is 6.35. The molecule has 1 amide bonds. The van der Waals surface area contributed by atoms with Crippen molar-refractivity contribution in [1.82, 2.24) is 0 Å². The van der Waals surface area contributed by atoms with Crippen molar-refractivity contribution in [1.29, 1.82) is 0 Å². The van der Waals surface area contributed by atoms with E-state index in [9.17, 15) is 19.1 Å². The Labute approximate surface area is 140 Å². The molecule has 0 heterocycles. The summed E-state index contributed by atoms with van der Waals surface area (Å²) in [7, 11) is 0. The van der Waals surface area contributed by atoms with Crippen molar-refractivity contribution in [3.05, 3.63) is 28.0 Å². The van der Waals surface area contributed by atoms with Gasteiger partial charge in [-0.25, -0.2) is 4.39 Å². The molecule has 1 aliphatic rings. The summed E-state index contributed by atoms with van der Waals surface area (Å²) in [6.45, 7) is 1.70. The van der Waals surface area contributed by atoms with Gasteiger partial charge in [-0.2, -0.15) is 0 Å². The standard InChI is InChI=1S/C12H11BrFNO3.Na/c1-5-2-6(3-9(14)10(5)13)15-11(16)7-4-8(7)12(17)18;/h2-3,7-8H,4H2,1H3,(H,15,16)(H,17,18);/q;+1/p-1/t7-,8+;/m1./s1. The summed E-state index contributed by atoms with van der Waals surface area (Å²) in [5, 5.41) is 13.0. The molecule has 1 aromatic rings. The number of carboxylic acids is 1. The molecule has 0 aliphatic heterocycles. The molecular weight excluding hydrogens is 328 g/mol. The Bertz CT molecular complexity index is 515. The molecule has 0 spiro atoms. The van der Waals surface area contributed by atoms with Gasteiger partial charge >= 0.3 is 29.6 Å². The van der Waals surface area contributed by atoms with Crippen LogP contribution < -0.4 is 40.0 Å². The second-order valence-electron chi connectivity index (χ2n) is 4.35. The third-order valence-corrected chi connectivity index (χ3v) is 3.91. The Hall–Kier alpha value is -0.430. The molecule has 96 valence electrons. The quantitative estimate of drug-likeness (QED) is 0.663. The predicted octanol–water partition coefficient (Wildman–Crippen LogP) is -1.77. The summed E-state index contributed by atoms with van der Waals surface area (Å²) in [6, 6.07) is 2.80. The summed E-state index contributed by atoms with van der Waals surface area (Å²) in [4.78, 5) is 22.2. The Morgan fingerprint density at radius 2 is 2.05 bits per heavy atom. The van der Waals surface area contributed by atoms with Gasteiger partial charge < -0.3 is 15.2 Å². The molecule has 2 rings (SSSR count). The van der Waals surface area contributed by atoms with Gasteiger partial charge in [0.05, 0.1) is 4.47 Å². The van der Waals surface area contributed by atoms with Gasteiger partial charge in [-0.15, -0.1) is 0 Å². The molecule has 1 N–H and O–H groups in total. The van der Waals surface area contributed by atoms with Crippen molar-refractivity contribution in [3.63, 3.8) is 0 Å². The number of nitrogens with one attached hydrogen (secondary N) is 1. The van der Waals surface area contributed by atoms with Crippen LogP contribution in [0.25, 0.3) is 0 Å². The molecule has 1 aromatic carbocycles. The SMILES string of the molecule is Cc1cc(NC(=O)[C@@H]2C[C@@H]2C(=O)[O-])cc(F)c1Br.[Na+]. The fourth-order valence-corrected chi connectivity index (χ4v) is 2.01. The average Bonchev–Trinajstić information content (AvgIpc) is 3.05. The maximum absolute atomic E-state index is 13.4. The van der Waals surface area contributed by atoms with Crippen LogP contribution in [-0.2, 0) is 9.59 Å². The van der Waals surface area contributed by atoms with E-state index in [-0.39, 0.29) is 36.0 Å². The Kier molecular flexibility index (Phi) is 5.55. The summed E-state index contributed by atoms with van der Waals surface area (Å²) in [6.07, 6.45) is 0.284. The molecule has 0 radical (unpaired) electrons. The molecule has 4 nitrogen and oxygen atoms in total. The van der Waals surface area contributed by atoms with E-state index in [0.717, 1.165) is 0 Å². The molecule has 0 saturated heterocycles. The number of rotatable bonds is 3. The van der Waals surface area contributed by atoms with E-state index in [4.69, 9.17) is 0 Å². The first-order valence-electron chi connectivity index (χ1n) is 5.37. The zero-order valence-corrected chi connectivity index (χ0v) is 14.1. The predicted molar refractivity (Wildman–Crippen MR) is 64.1 cm³/mol. The summed E-state index contributed by atoms with van der Waals surface area (Å²) in [5.41, 5.74) is 0.972. The van der Waals surface area contributed by atoms with Gasteiger partial charge in [0.25, 0.3) is 0 Å². The monoisotopic (exact) mass is 337 g/mol. The van der Waals surface area contributed by atoms with E-state index >= 15 is 0 Å². The van der Waals surface area contributed by atoms with Gasteiger partial charge in [-0.1, -0.05) is 0 Å². The van der Waals surface area contributed by atoms with Gasteiger partial charge in [0.2, 0.25) is 5.91 Å². The van der Waals surface area contributed by atoms with E-state index < -0.39 is 29.5 Å². The topological polar surface area (TPSA) is 69.2 Å². The third-order valence-electron chi connectivity index (χ3n) is 2.91. The molecule has 2 atom stereocenters. The molecule has 0 aromatic heterocycles. The second-order valence-corrected chi connectivity index (χ2v) is 5.14. The van der Waals surface area contributed by atoms with Crippen molar-refractivity contribution < 1.29 is 48.6 Å².